The molecule has 1 aliphatic heterocycles. The minimum Gasteiger partial charge on any atom is -0.395 e. The van der Waals surface area contributed by atoms with Crippen molar-refractivity contribution in [2.24, 2.45) is 0 Å². The third kappa shape index (κ3) is 4.14. The molecule has 1 aromatic heterocycles. The van der Waals surface area contributed by atoms with Crippen LogP contribution in [-0.4, -0.2) is 27.5 Å². The van der Waals surface area contributed by atoms with Gasteiger partial charge in [0.25, 0.3) is 0 Å². The van der Waals surface area contributed by atoms with Crippen LogP contribution >= 0.6 is 0 Å². The number of rotatable bonds is 7. The van der Waals surface area contributed by atoms with Crippen LogP contribution in [0.15, 0.2) is 42.5 Å². The molecule has 0 fully saturated rings. The molecular formula is C28H37N3O. The minimum atomic E-state index is 0.0473. The lowest BCUT2D eigenvalue weighted by Gasteiger charge is -2.38. The molecule has 0 saturated carbocycles. The van der Waals surface area contributed by atoms with Crippen LogP contribution in [0, 0.1) is 20.8 Å². The van der Waals surface area contributed by atoms with Crippen LogP contribution in [-0.2, 0) is 13.1 Å². The number of aromatic nitrogens is 2. The highest BCUT2D eigenvalue weighted by atomic mass is 16.3. The number of fused-ring (bicyclic) bond motifs is 1. The summed E-state index contributed by atoms with van der Waals surface area (Å²) in [6.45, 7) is 12.9. The Labute approximate surface area is 192 Å². The average molecular weight is 432 g/mol. The van der Waals surface area contributed by atoms with E-state index in [1.807, 2.05) is 0 Å². The molecule has 4 heteroatoms. The van der Waals surface area contributed by atoms with Gasteiger partial charge in [0, 0.05) is 42.2 Å². The van der Waals surface area contributed by atoms with Crippen molar-refractivity contribution in [2.45, 2.75) is 78.4 Å². The Morgan fingerprint density at radius 3 is 2.47 bits per heavy atom. The van der Waals surface area contributed by atoms with E-state index in [0.29, 0.717) is 0 Å². The molecule has 32 heavy (non-hydrogen) atoms. The molecule has 0 amide bonds. The molecule has 3 aromatic rings. The second-order valence-corrected chi connectivity index (χ2v) is 9.36. The molecule has 2 aromatic carbocycles. The predicted octanol–water partition coefficient (Wildman–Crippen LogP) is 5.63. The lowest BCUT2D eigenvalue weighted by atomic mass is 9.74. The second kappa shape index (κ2) is 9.60. The Balaban J connectivity index is 1.84. The molecular weight excluding hydrogens is 394 g/mol. The van der Waals surface area contributed by atoms with E-state index in [9.17, 15) is 5.11 Å². The monoisotopic (exact) mass is 431 g/mol. The summed E-state index contributed by atoms with van der Waals surface area (Å²) in [6, 6.07) is 15.6. The molecule has 1 aliphatic rings. The van der Waals surface area contributed by atoms with Crippen molar-refractivity contribution < 1.29 is 5.11 Å². The van der Waals surface area contributed by atoms with Gasteiger partial charge < -0.3 is 10.4 Å². The molecule has 0 bridgehead atoms. The Morgan fingerprint density at radius 1 is 1.09 bits per heavy atom. The fourth-order valence-corrected chi connectivity index (χ4v) is 5.75. The number of aliphatic hydroxyl groups excluding tert-OH is 1. The van der Waals surface area contributed by atoms with Gasteiger partial charge in [-0.1, -0.05) is 55.8 Å². The van der Waals surface area contributed by atoms with Gasteiger partial charge in [-0.2, -0.15) is 5.10 Å². The lowest BCUT2D eigenvalue weighted by Crippen LogP contribution is -2.44. The predicted molar refractivity (Wildman–Crippen MR) is 132 cm³/mol. The Morgan fingerprint density at radius 2 is 1.81 bits per heavy atom. The van der Waals surface area contributed by atoms with E-state index in [4.69, 9.17) is 5.10 Å². The zero-order valence-electron chi connectivity index (χ0n) is 20.2. The zero-order chi connectivity index (χ0) is 22.8. The van der Waals surface area contributed by atoms with Crippen LogP contribution in [0.3, 0.4) is 0 Å². The van der Waals surface area contributed by atoms with Crippen molar-refractivity contribution in [3.05, 3.63) is 76.0 Å². The van der Waals surface area contributed by atoms with E-state index in [1.54, 1.807) is 0 Å². The van der Waals surface area contributed by atoms with Crippen molar-refractivity contribution in [3.63, 3.8) is 0 Å². The first-order valence-corrected chi connectivity index (χ1v) is 12.1. The summed E-state index contributed by atoms with van der Waals surface area (Å²) in [4.78, 5) is 0. The summed E-state index contributed by atoms with van der Waals surface area (Å²) in [7, 11) is 0. The molecule has 0 spiro atoms. The highest BCUT2D eigenvalue weighted by Gasteiger charge is 2.36. The van der Waals surface area contributed by atoms with Gasteiger partial charge >= 0.3 is 0 Å². The van der Waals surface area contributed by atoms with Gasteiger partial charge in [0.2, 0.25) is 0 Å². The van der Waals surface area contributed by atoms with Gasteiger partial charge in [-0.05, 0) is 61.9 Å². The summed E-state index contributed by atoms with van der Waals surface area (Å²) < 4.78 is 2.23. The molecule has 2 N–H and O–H groups in total. The number of aliphatic hydroxyl groups is 1. The van der Waals surface area contributed by atoms with Crippen molar-refractivity contribution in [2.75, 3.05) is 6.61 Å². The highest BCUT2D eigenvalue weighted by molar-refractivity contribution is 5.68. The van der Waals surface area contributed by atoms with Crippen molar-refractivity contribution in [1.82, 2.24) is 15.1 Å². The normalized spacial score (nSPS) is 19.1. The van der Waals surface area contributed by atoms with Crippen LogP contribution in [0.5, 0.6) is 0 Å². The van der Waals surface area contributed by atoms with Gasteiger partial charge in [0.05, 0.1) is 12.3 Å². The number of nitrogens with zero attached hydrogens (tertiary/aromatic N) is 2. The molecule has 170 valence electrons. The number of benzene rings is 2. The topological polar surface area (TPSA) is 50.1 Å². The molecule has 2 heterocycles. The number of aryl methyl sites for hydroxylation is 4. The van der Waals surface area contributed by atoms with E-state index >= 15 is 0 Å². The maximum Gasteiger partial charge on any atom is 0.0931 e. The highest BCUT2D eigenvalue weighted by Crippen LogP contribution is 2.43. The third-order valence-corrected chi connectivity index (χ3v) is 7.03. The molecule has 3 atom stereocenters. The van der Waals surface area contributed by atoms with E-state index in [0.717, 1.165) is 31.6 Å². The van der Waals surface area contributed by atoms with Crippen molar-refractivity contribution in [1.29, 1.82) is 0 Å². The van der Waals surface area contributed by atoms with E-state index in [-0.39, 0.29) is 24.5 Å². The Kier molecular flexibility index (Phi) is 6.82. The fraction of sp³-hybridized carbons (Fsp3) is 0.464. The quantitative estimate of drug-likeness (QED) is 0.510. The summed E-state index contributed by atoms with van der Waals surface area (Å²) in [5.74, 6) is 0.496. The van der Waals surface area contributed by atoms with Crippen LogP contribution in [0.1, 0.15) is 72.0 Å². The lowest BCUT2D eigenvalue weighted by molar-refractivity contribution is 0.200. The number of hydrogen-bond acceptors (Lipinski definition) is 3. The van der Waals surface area contributed by atoms with E-state index < -0.39 is 0 Å². The van der Waals surface area contributed by atoms with Crippen LogP contribution in [0.4, 0.5) is 0 Å². The zero-order valence-corrected chi connectivity index (χ0v) is 20.2. The SMILES string of the molecule is CCCn1nc(-c2c(C)cc(C)cc2C)cc1C(CC)C1c2ccccc2CNC1CO. The maximum absolute atomic E-state index is 10.2. The van der Waals surface area contributed by atoms with Crippen molar-refractivity contribution >= 4 is 0 Å². The molecule has 3 unspecified atom stereocenters. The van der Waals surface area contributed by atoms with Gasteiger partial charge in [0.1, 0.15) is 0 Å². The number of hydrogen-bond donors (Lipinski definition) is 2. The summed E-state index contributed by atoms with van der Waals surface area (Å²) in [5.41, 5.74) is 10.2. The summed E-state index contributed by atoms with van der Waals surface area (Å²) >= 11 is 0. The molecule has 4 nitrogen and oxygen atoms in total. The fourth-order valence-electron chi connectivity index (χ4n) is 5.75. The first-order chi connectivity index (χ1) is 15.5. The standard InChI is InChI=1S/C28H37N3O/c1-6-12-31-26(15-24(30-31)27-19(4)13-18(3)14-20(27)5)22(7-2)28-23-11-9-8-10-21(23)16-29-25(28)17-32/h8-11,13-15,22,25,28-29,32H,6-7,12,16-17H2,1-5H3. The van der Waals surface area contributed by atoms with Crippen LogP contribution in [0.2, 0.25) is 0 Å². The Bertz CT molecular complexity index is 1060. The van der Waals surface area contributed by atoms with Crippen molar-refractivity contribution in [3.8, 4) is 11.3 Å². The molecule has 4 rings (SSSR count). The smallest absolute Gasteiger partial charge is 0.0931 e. The van der Waals surface area contributed by atoms with E-state index in [1.165, 1.54) is 39.1 Å². The first kappa shape index (κ1) is 22.8. The first-order valence-electron chi connectivity index (χ1n) is 12.1. The van der Waals surface area contributed by atoms with Gasteiger partial charge in [-0.25, -0.2) is 0 Å². The van der Waals surface area contributed by atoms with Crippen LogP contribution in [0.25, 0.3) is 11.3 Å². The number of nitrogens with one attached hydrogen (secondary N) is 1. The molecule has 0 saturated heterocycles. The summed E-state index contributed by atoms with van der Waals surface area (Å²) in [6.07, 6.45) is 2.04. The minimum absolute atomic E-state index is 0.0473. The van der Waals surface area contributed by atoms with Gasteiger partial charge in [0.15, 0.2) is 0 Å². The molecule has 0 radical (unpaired) electrons. The average Bonchev–Trinajstić information content (AvgIpc) is 3.17. The largest absolute Gasteiger partial charge is 0.395 e. The van der Waals surface area contributed by atoms with Gasteiger partial charge in [-0.15, -0.1) is 0 Å². The second-order valence-electron chi connectivity index (χ2n) is 9.36. The van der Waals surface area contributed by atoms with Gasteiger partial charge in [-0.3, -0.25) is 4.68 Å². The summed E-state index contributed by atoms with van der Waals surface area (Å²) in [5, 5.41) is 19.0. The maximum atomic E-state index is 10.2. The van der Waals surface area contributed by atoms with E-state index in [2.05, 4.69) is 87.1 Å². The Hall–Kier alpha value is -2.43. The third-order valence-electron chi connectivity index (χ3n) is 7.03. The molecule has 0 aliphatic carbocycles. The van der Waals surface area contributed by atoms with Crippen LogP contribution < -0.4 is 5.32 Å².